The second-order valence-corrected chi connectivity index (χ2v) is 7.80. The van der Waals surface area contributed by atoms with E-state index in [4.69, 9.17) is 24.2 Å². The van der Waals surface area contributed by atoms with Crippen molar-refractivity contribution in [2.75, 3.05) is 26.9 Å². The fraction of sp³-hybridized carbons (Fsp3) is 0.269. The number of carbonyl (C=O) groups excluding carboxylic acids is 3. The number of nitriles is 1. The molecule has 1 aliphatic heterocycles. The highest BCUT2D eigenvalue weighted by Crippen LogP contribution is 2.34. The number of allylic oxidation sites excluding steroid dienone is 1. The van der Waals surface area contributed by atoms with Gasteiger partial charge in [-0.2, -0.15) is 10.4 Å². The Morgan fingerprint density at radius 3 is 2.74 bits per heavy atom. The summed E-state index contributed by atoms with van der Waals surface area (Å²) < 4.78 is 21.4. The number of hydrazone groups is 1. The molecule has 0 unspecified atom stereocenters. The number of nitrogens with zero attached hydrogens (tertiary/aromatic N) is 2. The van der Waals surface area contributed by atoms with Crippen molar-refractivity contribution in [2.24, 2.45) is 5.10 Å². The summed E-state index contributed by atoms with van der Waals surface area (Å²) in [5, 5.41) is 17.8. The molecule has 0 aliphatic carbocycles. The van der Waals surface area contributed by atoms with Gasteiger partial charge < -0.3 is 29.6 Å². The lowest BCUT2D eigenvalue weighted by Crippen LogP contribution is -2.45. The van der Waals surface area contributed by atoms with Gasteiger partial charge in [0, 0.05) is 5.70 Å². The number of hydrogen-bond acceptors (Lipinski definition) is 9. The number of nitrogens with one attached hydrogen (secondary N) is 3. The molecule has 198 valence electrons. The van der Waals surface area contributed by atoms with Crippen molar-refractivity contribution < 1.29 is 33.3 Å². The molecule has 1 heterocycles. The minimum absolute atomic E-state index is 0.0749. The van der Waals surface area contributed by atoms with Crippen molar-refractivity contribution in [3.63, 3.8) is 0 Å². The second-order valence-electron chi connectivity index (χ2n) is 7.80. The van der Waals surface area contributed by atoms with E-state index in [1.165, 1.54) is 13.3 Å². The first kappa shape index (κ1) is 27.5. The lowest BCUT2D eigenvalue weighted by atomic mass is 9.95. The van der Waals surface area contributed by atoms with E-state index in [0.29, 0.717) is 28.3 Å². The molecule has 12 nitrogen and oxygen atoms in total. The van der Waals surface area contributed by atoms with Gasteiger partial charge in [-0.1, -0.05) is 18.2 Å². The van der Waals surface area contributed by atoms with Gasteiger partial charge in [0.25, 0.3) is 5.91 Å². The van der Waals surface area contributed by atoms with Crippen molar-refractivity contribution in [1.29, 1.82) is 5.26 Å². The average Bonchev–Trinajstić information content (AvgIpc) is 2.90. The maximum absolute atomic E-state index is 12.5. The smallest absolute Gasteiger partial charge is 0.338 e. The summed E-state index contributed by atoms with van der Waals surface area (Å²) in [5.74, 6) is 0.00117. The maximum atomic E-state index is 12.5. The molecule has 2 aromatic carbocycles. The molecule has 0 fully saturated rings. The van der Waals surface area contributed by atoms with Crippen LogP contribution < -0.4 is 30.3 Å². The molecule has 3 N–H and O–H groups in total. The molecular formula is C26H27N5O7. The molecule has 1 aliphatic rings. The molecular weight excluding hydrogens is 494 g/mol. The molecule has 0 saturated heterocycles. The van der Waals surface area contributed by atoms with Gasteiger partial charge in [-0.05, 0) is 49.2 Å². The summed E-state index contributed by atoms with van der Waals surface area (Å²) in [6.07, 6.45) is 1.43. The first-order valence-electron chi connectivity index (χ1n) is 11.5. The van der Waals surface area contributed by atoms with E-state index >= 15 is 0 Å². The van der Waals surface area contributed by atoms with E-state index in [1.807, 2.05) is 6.07 Å². The van der Waals surface area contributed by atoms with Gasteiger partial charge in [0.15, 0.2) is 24.7 Å². The van der Waals surface area contributed by atoms with Gasteiger partial charge in [0.1, 0.15) is 11.8 Å². The van der Waals surface area contributed by atoms with E-state index in [9.17, 15) is 14.4 Å². The normalized spacial score (nSPS) is 14.7. The van der Waals surface area contributed by atoms with Crippen LogP contribution in [0.5, 0.6) is 17.2 Å². The van der Waals surface area contributed by atoms with Crippen LogP contribution in [0.2, 0.25) is 0 Å². The molecule has 2 aromatic rings. The highest BCUT2D eigenvalue weighted by molar-refractivity contribution is 5.95. The number of carbonyl (C=O) groups is 3. The van der Waals surface area contributed by atoms with Gasteiger partial charge in [-0.3, -0.25) is 4.79 Å². The second kappa shape index (κ2) is 13.3. The number of methoxy groups -OCH3 is 1. The highest BCUT2D eigenvalue weighted by Gasteiger charge is 2.32. The maximum Gasteiger partial charge on any atom is 0.338 e. The summed E-state index contributed by atoms with van der Waals surface area (Å²) in [6, 6.07) is 12.4. The van der Waals surface area contributed by atoms with E-state index in [1.54, 1.807) is 56.3 Å². The van der Waals surface area contributed by atoms with Crippen LogP contribution in [-0.4, -0.2) is 51.1 Å². The average molecular weight is 522 g/mol. The van der Waals surface area contributed by atoms with Gasteiger partial charge in [-0.25, -0.2) is 15.0 Å². The number of benzene rings is 2. The van der Waals surface area contributed by atoms with Gasteiger partial charge in [0.2, 0.25) is 0 Å². The Morgan fingerprint density at radius 1 is 1.18 bits per heavy atom. The first-order valence-corrected chi connectivity index (χ1v) is 11.5. The Morgan fingerprint density at radius 2 is 2.00 bits per heavy atom. The van der Waals surface area contributed by atoms with Crippen LogP contribution in [0, 0.1) is 11.3 Å². The summed E-state index contributed by atoms with van der Waals surface area (Å²) in [6.45, 7) is 3.07. The molecule has 12 heteroatoms. The summed E-state index contributed by atoms with van der Waals surface area (Å²) >= 11 is 0. The summed E-state index contributed by atoms with van der Waals surface area (Å²) in [4.78, 5) is 36.8. The predicted octanol–water partition coefficient (Wildman–Crippen LogP) is 2.32. The Balaban J connectivity index is 1.65. The Kier molecular flexibility index (Phi) is 9.65. The molecule has 0 bridgehead atoms. The van der Waals surface area contributed by atoms with Crippen LogP contribution in [-0.2, 0) is 14.3 Å². The SMILES string of the molecule is CCOC(=O)C1=C(C)NC(=O)N[C@@H]1c1ccc(OCC(=O)N/N=C/c2cccc(OCC#N)c2)c(OC)c1. The number of esters is 1. The molecule has 0 spiro atoms. The minimum atomic E-state index is -0.771. The monoisotopic (exact) mass is 521 g/mol. The van der Waals surface area contributed by atoms with Crippen molar-refractivity contribution in [3.8, 4) is 23.3 Å². The number of amides is 3. The van der Waals surface area contributed by atoms with Crippen LogP contribution in [0.25, 0.3) is 0 Å². The highest BCUT2D eigenvalue weighted by atomic mass is 16.5. The van der Waals surface area contributed by atoms with Crippen molar-refractivity contribution in [2.45, 2.75) is 19.9 Å². The van der Waals surface area contributed by atoms with E-state index in [-0.39, 0.29) is 31.1 Å². The van der Waals surface area contributed by atoms with E-state index in [2.05, 4.69) is 21.2 Å². The van der Waals surface area contributed by atoms with Crippen molar-refractivity contribution in [3.05, 3.63) is 64.9 Å². The van der Waals surface area contributed by atoms with Gasteiger partial charge in [0.05, 0.1) is 31.5 Å². The largest absolute Gasteiger partial charge is 0.493 e. The zero-order chi connectivity index (χ0) is 27.5. The minimum Gasteiger partial charge on any atom is -0.493 e. The van der Waals surface area contributed by atoms with Crippen molar-refractivity contribution >= 4 is 24.1 Å². The first-order chi connectivity index (χ1) is 18.4. The number of rotatable bonds is 11. The van der Waals surface area contributed by atoms with E-state index < -0.39 is 23.9 Å². The topological polar surface area (TPSA) is 160 Å². The molecule has 3 rings (SSSR count). The molecule has 0 radical (unpaired) electrons. The number of hydrogen-bond donors (Lipinski definition) is 3. The van der Waals surface area contributed by atoms with Crippen LogP contribution in [0.1, 0.15) is 31.0 Å². The molecule has 1 atom stereocenters. The van der Waals surface area contributed by atoms with Crippen LogP contribution in [0.4, 0.5) is 4.79 Å². The molecule has 38 heavy (non-hydrogen) atoms. The lowest BCUT2D eigenvalue weighted by molar-refractivity contribution is -0.139. The van der Waals surface area contributed by atoms with Gasteiger partial charge >= 0.3 is 12.0 Å². The zero-order valence-electron chi connectivity index (χ0n) is 21.1. The zero-order valence-corrected chi connectivity index (χ0v) is 21.1. The standard InChI is InChI=1S/C26H27N5O7/c1-4-36-25(33)23-16(2)29-26(34)30-24(23)18-8-9-20(21(13-18)35-3)38-15-22(32)31-28-14-17-6-5-7-19(12-17)37-11-10-27/h5-9,12-14,24H,4,11,15H2,1-3H3,(H,31,32)(H2,29,30,34)/b28-14+/t24-/m1/s1. The third-order valence-electron chi connectivity index (χ3n) is 5.21. The van der Waals surface area contributed by atoms with Gasteiger partial charge in [-0.15, -0.1) is 0 Å². The molecule has 0 aromatic heterocycles. The summed E-state index contributed by atoms with van der Waals surface area (Å²) in [7, 11) is 1.43. The Bertz CT molecular complexity index is 1300. The Hall–Kier alpha value is -5.05. The van der Waals surface area contributed by atoms with Crippen LogP contribution in [0.3, 0.4) is 0 Å². The fourth-order valence-electron chi connectivity index (χ4n) is 3.56. The fourth-order valence-corrected chi connectivity index (χ4v) is 3.56. The predicted molar refractivity (Wildman–Crippen MR) is 136 cm³/mol. The Labute approximate surface area is 219 Å². The summed E-state index contributed by atoms with van der Waals surface area (Å²) in [5.41, 5.74) is 4.23. The van der Waals surface area contributed by atoms with Crippen LogP contribution in [0.15, 0.2) is 58.8 Å². The van der Waals surface area contributed by atoms with Crippen molar-refractivity contribution in [1.82, 2.24) is 16.1 Å². The number of ether oxygens (including phenoxy) is 4. The van der Waals surface area contributed by atoms with Crippen LogP contribution >= 0.6 is 0 Å². The lowest BCUT2D eigenvalue weighted by Gasteiger charge is -2.28. The molecule has 0 saturated carbocycles. The third-order valence-corrected chi connectivity index (χ3v) is 5.21. The number of urea groups is 1. The quantitative estimate of drug-likeness (QED) is 0.231. The third kappa shape index (κ3) is 7.23. The van der Waals surface area contributed by atoms with E-state index in [0.717, 1.165) is 0 Å². The molecule has 3 amide bonds.